The van der Waals surface area contributed by atoms with Crippen molar-refractivity contribution in [2.45, 2.75) is 26.4 Å². The van der Waals surface area contributed by atoms with E-state index in [1.54, 1.807) is 18.9 Å². The Balaban J connectivity index is 3.86. The maximum Gasteiger partial charge on any atom is 0.226 e. The van der Waals surface area contributed by atoms with Gasteiger partial charge in [-0.1, -0.05) is 6.92 Å². The highest BCUT2D eigenvalue weighted by atomic mass is 16.3. The standard InChI is InChI=1S/C10H22N2O2/c1-8(7-11-3)10(14)12(4)6-5-9(2)13/h8-9,11,13H,5-7H2,1-4H3. The first-order valence-corrected chi connectivity index (χ1v) is 5.06. The van der Waals surface area contributed by atoms with Gasteiger partial charge in [-0.3, -0.25) is 4.79 Å². The van der Waals surface area contributed by atoms with E-state index >= 15 is 0 Å². The van der Waals surface area contributed by atoms with E-state index in [4.69, 9.17) is 5.11 Å². The number of carbonyl (C=O) groups is 1. The van der Waals surface area contributed by atoms with Crippen molar-refractivity contribution in [3.8, 4) is 0 Å². The number of aliphatic hydroxyl groups is 1. The van der Waals surface area contributed by atoms with Crippen LogP contribution in [0.3, 0.4) is 0 Å². The molecule has 14 heavy (non-hydrogen) atoms. The van der Waals surface area contributed by atoms with Gasteiger partial charge in [0.1, 0.15) is 0 Å². The Bertz CT molecular complexity index is 172. The summed E-state index contributed by atoms with van der Waals surface area (Å²) in [5.41, 5.74) is 0. The molecule has 2 unspecified atom stereocenters. The van der Waals surface area contributed by atoms with Crippen LogP contribution in [0, 0.1) is 5.92 Å². The normalized spacial score (nSPS) is 14.9. The smallest absolute Gasteiger partial charge is 0.226 e. The molecule has 2 N–H and O–H groups in total. The zero-order chi connectivity index (χ0) is 11.1. The van der Waals surface area contributed by atoms with Crippen molar-refractivity contribution in [2.24, 2.45) is 5.92 Å². The zero-order valence-corrected chi connectivity index (χ0v) is 9.58. The number of carbonyl (C=O) groups excluding carboxylic acids is 1. The van der Waals surface area contributed by atoms with Crippen molar-refractivity contribution < 1.29 is 9.90 Å². The summed E-state index contributed by atoms with van der Waals surface area (Å²) in [6.07, 6.45) is 0.291. The number of hydrogen-bond donors (Lipinski definition) is 2. The van der Waals surface area contributed by atoms with Gasteiger partial charge in [0, 0.05) is 26.1 Å². The fourth-order valence-electron chi connectivity index (χ4n) is 1.26. The summed E-state index contributed by atoms with van der Waals surface area (Å²) >= 11 is 0. The average molecular weight is 202 g/mol. The van der Waals surface area contributed by atoms with Gasteiger partial charge in [0.2, 0.25) is 5.91 Å². The molecule has 0 fully saturated rings. The first kappa shape index (κ1) is 13.4. The summed E-state index contributed by atoms with van der Waals surface area (Å²) in [4.78, 5) is 13.3. The predicted molar refractivity (Wildman–Crippen MR) is 57.0 cm³/mol. The van der Waals surface area contributed by atoms with E-state index in [9.17, 15) is 4.79 Å². The van der Waals surface area contributed by atoms with Gasteiger partial charge in [-0.2, -0.15) is 0 Å². The summed E-state index contributed by atoms with van der Waals surface area (Å²) in [7, 11) is 3.61. The van der Waals surface area contributed by atoms with Crippen LogP contribution in [0.15, 0.2) is 0 Å². The van der Waals surface area contributed by atoms with Gasteiger partial charge in [-0.05, 0) is 20.4 Å². The number of aliphatic hydroxyl groups excluding tert-OH is 1. The number of nitrogens with zero attached hydrogens (tertiary/aromatic N) is 1. The fraction of sp³-hybridized carbons (Fsp3) is 0.900. The van der Waals surface area contributed by atoms with Crippen LogP contribution in [0.5, 0.6) is 0 Å². The molecule has 0 rings (SSSR count). The van der Waals surface area contributed by atoms with Gasteiger partial charge in [0.25, 0.3) is 0 Å². The molecule has 4 heteroatoms. The third-order valence-electron chi connectivity index (χ3n) is 2.19. The van der Waals surface area contributed by atoms with Gasteiger partial charge >= 0.3 is 0 Å². The Morgan fingerprint density at radius 2 is 2.07 bits per heavy atom. The van der Waals surface area contributed by atoms with E-state index in [0.717, 1.165) is 0 Å². The zero-order valence-electron chi connectivity index (χ0n) is 9.58. The Morgan fingerprint density at radius 1 is 1.50 bits per heavy atom. The van der Waals surface area contributed by atoms with Crippen molar-refractivity contribution in [3.63, 3.8) is 0 Å². The van der Waals surface area contributed by atoms with E-state index in [-0.39, 0.29) is 17.9 Å². The van der Waals surface area contributed by atoms with E-state index in [1.807, 2.05) is 14.0 Å². The summed E-state index contributed by atoms with van der Waals surface area (Å²) in [5.74, 6) is 0.124. The maximum atomic E-state index is 11.6. The number of rotatable bonds is 6. The van der Waals surface area contributed by atoms with Crippen LogP contribution in [0.4, 0.5) is 0 Å². The largest absolute Gasteiger partial charge is 0.393 e. The van der Waals surface area contributed by atoms with Gasteiger partial charge in [-0.25, -0.2) is 0 Å². The lowest BCUT2D eigenvalue weighted by molar-refractivity contribution is -0.133. The Hall–Kier alpha value is -0.610. The molecule has 0 aromatic carbocycles. The van der Waals surface area contributed by atoms with Gasteiger partial charge in [0.05, 0.1) is 6.10 Å². The van der Waals surface area contributed by atoms with Crippen molar-refractivity contribution in [1.82, 2.24) is 10.2 Å². The molecular formula is C10H22N2O2. The van der Waals surface area contributed by atoms with Crippen LogP contribution >= 0.6 is 0 Å². The number of hydrogen-bond acceptors (Lipinski definition) is 3. The predicted octanol–water partition coefficient (Wildman–Crippen LogP) is 0.0712. The van der Waals surface area contributed by atoms with Crippen molar-refractivity contribution in [1.29, 1.82) is 0 Å². The topological polar surface area (TPSA) is 52.6 Å². The molecule has 2 atom stereocenters. The minimum absolute atomic E-state index is 0.000927. The summed E-state index contributed by atoms with van der Waals surface area (Å²) in [5, 5.41) is 12.0. The SMILES string of the molecule is CNCC(C)C(=O)N(C)CCC(C)O. The molecule has 0 aromatic rings. The van der Waals surface area contributed by atoms with E-state index in [1.165, 1.54) is 0 Å². The second-order valence-corrected chi connectivity index (χ2v) is 3.86. The molecule has 0 saturated carbocycles. The van der Waals surface area contributed by atoms with Crippen LogP contribution < -0.4 is 5.32 Å². The van der Waals surface area contributed by atoms with Gasteiger partial charge < -0.3 is 15.3 Å². The van der Waals surface area contributed by atoms with Crippen molar-refractivity contribution >= 4 is 5.91 Å². The van der Waals surface area contributed by atoms with Crippen molar-refractivity contribution in [3.05, 3.63) is 0 Å². The second kappa shape index (κ2) is 6.79. The highest BCUT2D eigenvalue weighted by Crippen LogP contribution is 2.01. The second-order valence-electron chi connectivity index (χ2n) is 3.86. The van der Waals surface area contributed by atoms with E-state index < -0.39 is 0 Å². The van der Waals surface area contributed by atoms with E-state index in [2.05, 4.69) is 5.32 Å². The maximum absolute atomic E-state index is 11.6. The Morgan fingerprint density at radius 3 is 2.50 bits per heavy atom. The average Bonchev–Trinajstić information content (AvgIpc) is 2.13. The number of amides is 1. The van der Waals surface area contributed by atoms with Crippen LogP contribution in [0.1, 0.15) is 20.3 Å². The molecule has 0 aliphatic heterocycles. The van der Waals surface area contributed by atoms with Crippen LogP contribution in [0.25, 0.3) is 0 Å². The summed E-state index contributed by atoms with van der Waals surface area (Å²) in [6.45, 7) is 4.94. The van der Waals surface area contributed by atoms with Gasteiger partial charge in [0.15, 0.2) is 0 Å². The molecule has 4 nitrogen and oxygen atoms in total. The van der Waals surface area contributed by atoms with Crippen LogP contribution in [-0.4, -0.2) is 49.2 Å². The Kier molecular flexibility index (Phi) is 6.49. The minimum atomic E-state index is -0.343. The molecule has 1 amide bonds. The molecule has 0 spiro atoms. The molecule has 0 heterocycles. The van der Waals surface area contributed by atoms with E-state index in [0.29, 0.717) is 19.5 Å². The first-order valence-electron chi connectivity index (χ1n) is 5.06. The van der Waals surface area contributed by atoms with Gasteiger partial charge in [-0.15, -0.1) is 0 Å². The van der Waals surface area contributed by atoms with Crippen molar-refractivity contribution in [2.75, 3.05) is 27.2 Å². The minimum Gasteiger partial charge on any atom is -0.393 e. The summed E-state index contributed by atoms with van der Waals surface area (Å²) in [6, 6.07) is 0. The monoisotopic (exact) mass is 202 g/mol. The molecule has 0 aromatic heterocycles. The summed E-state index contributed by atoms with van der Waals surface area (Å²) < 4.78 is 0. The first-order chi connectivity index (χ1) is 6.49. The molecule has 0 saturated heterocycles. The lowest BCUT2D eigenvalue weighted by Crippen LogP contribution is -2.37. The molecule has 0 bridgehead atoms. The highest BCUT2D eigenvalue weighted by molar-refractivity contribution is 5.78. The Labute approximate surface area is 86.3 Å². The highest BCUT2D eigenvalue weighted by Gasteiger charge is 2.16. The molecule has 0 aliphatic carbocycles. The molecule has 0 aliphatic rings. The molecular weight excluding hydrogens is 180 g/mol. The fourth-order valence-corrected chi connectivity index (χ4v) is 1.26. The molecule has 84 valence electrons. The lowest BCUT2D eigenvalue weighted by Gasteiger charge is -2.21. The van der Waals surface area contributed by atoms with Crippen LogP contribution in [0.2, 0.25) is 0 Å². The third-order valence-corrected chi connectivity index (χ3v) is 2.19. The van der Waals surface area contributed by atoms with Crippen LogP contribution in [-0.2, 0) is 4.79 Å². The number of nitrogens with one attached hydrogen (secondary N) is 1. The molecule has 0 radical (unpaired) electrons. The quantitative estimate of drug-likeness (QED) is 0.641. The lowest BCUT2D eigenvalue weighted by atomic mass is 10.1. The third kappa shape index (κ3) is 5.19.